The van der Waals surface area contributed by atoms with Crippen LogP contribution in [-0.2, 0) is 14.8 Å². The number of aromatic amines is 1. The predicted molar refractivity (Wildman–Crippen MR) is 67.5 cm³/mol. The highest BCUT2D eigenvalue weighted by Crippen LogP contribution is 2.49. The molecular weight excluding hydrogens is 266 g/mol. The number of nitrogens with zero attached hydrogens (tertiary/aromatic N) is 1. The maximum absolute atomic E-state index is 12.1. The molecule has 104 valence electrons. The Kier molecular flexibility index (Phi) is 3.08. The van der Waals surface area contributed by atoms with Gasteiger partial charge in [0.2, 0.25) is 5.91 Å². The minimum Gasteiger partial charge on any atom is -0.274 e. The molecule has 3 rings (SSSR count). The molecule has 1 unspecified atom stereocenters. The Morgan fingerprint density at radius 3 is 2.53 bits per heavy atom. The van der Waals surface area contributed by atoms with Crippen molar-refractivity contribution in [2.45, 2.75) is 37.1 Å². The first kappa shape index (κ1) is 12.7. The van der Waals surface area contributed by atoms with E-state index < -0.39 is 10.0 Å². The van der Waals surface area contributed by atoms with Crippen LogP contribution in [-0.4, -0.2) is 24.5 Å². The highest BCUT2D eigenvalue weighted by Gasteiger charge is 2.40. The van der Waals surface area contributed by atoms with E-state index in [1.54, 1.807) is 0 Å². The molecule has 7 heteroatoms. The second-order valence-corrected chi connectivity index (χ2v) is 7.15. The number of hydrogen-bond donors (Lipinski definition) is 2. The van der Waals surface area contributed by atoms with Gasteiger partial charge in [0.1, 0.15) is 0 Å². The lowest BCUT2D eigenvalue weighted by Gasteiger charge is -2.14. The quantitative estimate of drug-likeness (QED) is 0.867. The molecule has 0 bridgehead atoms. The predicted octanol–water partition coefficient (Wildman–Crippen LogP) is 1.04. The molecule has 1 amide bonds. The maximum Gasteiger partial charge on any atom is 0.280 e. The highest BCUT2D eigenvalue weighted by atomic mass is 32.2. The Morgan fingerprint density at radius 2 is 1.95 bits per heavy atom. The number of H-pyrrole nitrogens is 1. The average Bonchev–Trinajstić information content (AvgIpc) is 2.89. The van der Waals surface area contributed by atoms with Crippen LogP contribution in [0.1, 0.15) is 32.1 Å². The molecular formula is C12H17N3O3S. The number of nitrogens with one attached hydrogen (secondary N) is 2. The lowest BCUT2D eigenvalue weighted by molar-refractivity contribution is -0.123. The molecule has 1 aromatic rings. The molecule has 2 N–H and O–H groups in total. The van der Waals surface area contributed by atoms with Crippen LogP contribution in [0.5, 0.6) is 0 Å². The van der Waals surface area contributed by atoms with Crippen molar-refractivity contribution >= 4 is 15.9 Å². The van der Waals surface area contributed by atoms with Crippen LogP contribution >= 0.6 is 0 Å². The summed E-state index contributed by atoms with van der Waals surface area (Å²) in [5.74, 6) is 1.01. The fraction of sp³-hybridized carbons (Fsp3) is 0.667. The molecule has 2 fully saturated rings. The molecule has 19 heavy (non-hydrogen) atoms. The van der Waals surface area contributed by atoms with E-state index in [1.807, 2.05) is 0 Å². The van der Waals surface area contributed by atoms with E-state index >= 15 is 0 Å². The lowest BCUT2D eigenvalue weighted by Crippen LogP contribution is -2.35. The number of fused-ring (bicyclic) bond motifs is 1. The van der Waals surface area contributed by atoms with Crippen molar-refractivity contribution in [2.24, 2.45) is 17.8 Å². The zero-order valence-corrected chi connectivity index (χ0v) is 11.3. The molecule has 3 atom stereocenters. The van der Waals surface area contributed by atoms with E-state index in [0.29, 0.717) is 0 Å². The second-order valence-electron chi connectivity index (χ2n) is 5.50. The van der Waals surface area contributed by atoms with Gasteiger partial charge in [-0.05, 0) is 50.0 Å². The normalized spacial score (nSPS) is 30.2. The van der Waals surface area contributed by atoms with Crippen LogP contribution in [0.3, 0.4) is 0 Å². The molecule has 1 aromatic heterocycles. The number of hydrogen-bond acceptors (Lipinski definition) is 4. The van der Waals surface area contributed by atoms with Crippen molar-refractivity contribution in [3.05, 3.63) is 12.3 Å². The largest absolute Gasteiger partial charge is 0.280 e. The molecule has 1 heterocycles. The molecule has 6 nitrogen and oxygen atoms in total. The molecule has 2 aliphatic carbocycles. The van der Waals surface area contributed by atoms with Gasteiger partial charge in [-0.25, -0.2) is 4.72 Å². The fourth-order valence-electron chi connectivity index (χ4n) is 2.92. The zero-order chi connectivity index (χ0) is 13.5. The van der Waals surface area contributed by atoms with Gasteiger partial charge in [-0.1, -0.05) is 0 Å². The summed E-state index contributed by atoms with van der Waals surface area (Å²) < 4.78 is 26.0. The standard InChI is InChI=1S/C12H17N3O3S/c16-12(8-1-3-9-7-10(9)4-2-8)15-19(17,18)11-5-6-13-14-11/h5-6,8-10H,1-4,7H2,(H,13,14)(H,15,16)/t8?,9-,10+. The first-order chi connectivity index (χ1) is 9.06. The number of rotatable bonds is 3. The van der Waals surface area contributed by atoms with Gasteiger partial charge in [-0.2, -0.15) is 13.5 Å². The summed E-state index contributed by atoms with van der Waals surface area (Å²) in [5.41, 5.74) is 0. The summed E-state index contributed by atoms with van der Waals surface area (Å²) in [4.78, 5) is 12.1. The Labute approximate surface area is 112 Å². The van der Waals surface area contributed by atoms with Crippen molar-refractivity contribution in [2.75, 3.05) is 0 Å². The van der Waals surface area contributed by atoms with Crippen LogP contribution in [0.15, 0.2) is 17.3 Å². The van der Waals surface area contributed by atoms with E-state index in [2.05, 4.69) is 14.9 Å². The summed E-state index contributed by atoms with van der Waals surface area (Å²) in [6.45, 7) is 0. The van der Waals surface area contributed by atoms with Crippen molar-refractivity contribution in [3.63, 3.8) is 0 Å². The van der Waals surface area contributed by atoms with Gasteiger partial charge in [0.15, 0.2) is 5.03 Å². The molecule has 2 aliphatic rings. The zero-order valence-electron chi connectivity index (χ0n) is 10.5. The minimum absolute atomic E-state index is 0.0719. The van der Waals surface area contributed by atoms with E-state index in [4.69, 9.17) is 0 Å². The monoisotopic (exact) mass is 283 g/mol. The van der Waals surface area contributed by atoms with E-state index in [1.165, 1.54) is 18.7 Å². The van der Waals surface area contributed by atoms with E-state index in [9.17, 15) is 13.2 Å². The third kappa shape index (κ3) is 2.65. The first-order valence-electron chi connectivity index (χ1n) is 6.62. The molecule has 0 aliphatic heterocycles. The number of carbonyl (C=O) groups is 1. The number of carbonyl (C=O) groups excluding carboxylic acids is 1. The molecule has 2 saturated carbocycles. The maximum atomic E-state index is 12.1. The number of sulfonamides is 1. The lowest BCUT2D eigenvalue weighted by atomic mass is 9.98. The highest BCUT2D eigenvalue weighted by molar-refractivity contribution is 7.90. The van der Waals surface area contributed by atoms with Crippen LogP contribution in [0, 0.1) is 17.8 Å². The SMILES string of the molecule is O=C(NS(=O)(=O)c1ccn[nH]1)C1CC[C@@H]2C[C@@H]2CC1. The van der Waals surface area contributed by atoms with Crippen LogP contribution in [0.4, 0.5) is 0 Å². The van der Waals surface area contributed by atoms with Crippen molar-refractivity contribution in [1.82, 2.24) is 14.9 Å². The number of aromatic nitrogens is 2. The summed E-state index contributed by atoms with van der Waals surface area (Å²) in [6.07, 6.45) is 6.33. The summed E-state index contributed by atoms with van der Waals surface area (Å²) in [6, 6.07) is 1.33. The van der Waals surface area contributed by atoms with Crippen LogP contribution in [0.2, 0.25) is 0 Å². The Balaban J connectivity index is 1.64. The molecule has 0 saturated heterocycles. The first-order valence-corrected chi connectivity index (χ1v) is 8.10. The van der Waals surface area contributed by atoms with Gasteiger partial charge in [0.25, 0.3) is 10.0 Å². The fourth-order valence-corrected chi connectivity index (χ4v) is 3.87. The van der Waals surface area contributed by atoms with Gasteiger partial charge >= 0.3 is 0 Å². The Bertz CT molecular complexity index is 555. The summed E-state index contributed by atoms with van der Waals surface area (Å²) in [7, 11) is -3.80. The van der Waals surface area contributed by atoms with Gasteiger partial charge in [-0.3, -0.25) is 9.89 Å². The van der Waals surface area contributed by atoms with Crippen molar-refractivity contribution in [3.8, 4) is 0 Å². The van der Waals surface area contributed by atoms with Crippen molar-refractivity contribution in [1.29, 1.82) is 0 Å². The van der Waals surface area contributed by atoms with E-state index in [0.717, 1.165) is 37.5 Å². The molecule has 0 aromatic carbocycles. The summed E-state index contributed by atoms with van der Waals surface area (Å²) in [5, 5.41) is 5.87. The summed E-state index contributed by atoms with van der Waals surface area (Å²) >= 11 is 0. The van der Waals surface area contributed by atoms with Crippen LogP contribution < -0.4 is 4.72 Å². The minimum atomic E-state index is -3.80. The van der Waals surface area contributed by atoms with Gasteiger partial charge in [-0.15, -0.1) is 0 Å². The third-order valence-corrected chi connectivity index (χ3v) is 5.49. The molecule has 0 spiro atoms. The Hall–Kier alpha value is -1.37. The third-order valence-electron chi connectivity index (χ3n) is 4.21. The molecule has 0 radical (unpaired) electrons. The van der Waals surface area contributed by atoms with E-state index in [-0.39, 0.29) is 16.9 Å². The Morgan fingerprint density at radius 1 is 1.26 bits per heavy atom. The van der Waals surface area contributed by atoms with Gasteiger partial charge in [0, 0.05) is 5.92 Å². The van der Waals surface area contributed by atoms with Crippen LogP contribution in [0.25, 0.3) is 0 Å². The smallest absolute Gasteiger partial charge is 0.274 e. The number of amides is 1. The van der Waals surface area contributed by atoms with Crippen molar-refractivity contribution < 1.29 is 13.2 Å². The average molecular weight is 283 g/mol. The second kappa shape index (κ2) is 4.63. The van der Waals surface area contributed by atoms with Gasteiger partial charge < -0.3 is 0 Å². The van der Waals surface area contributed by atoms with Gasteiger partial charge in [0.05, 0.1) is 6.20 Å². The topological polar surface area (TPSA) is 91.9 Å².